The molecule has 2 rings (SSSR count). The molecule has 0 aromatic carbocycles. The highest BCUT2D eigenvalue weighted by Gasteiger charge is 2.20. The summed E-state index contributed by atoms with van der Waals surface area (Å²) in [6.07, 6.45) is -0.0666. The minimum absolute atomic E-state index is 0.211. The van der Waals surface area contributed by atoms with Crippen molar-refractivity contribution >= 4 is 11.3 Å². The smallest absolute Gasteiger partial charge is 0.294 e. The summed E-state index contributed by atoms with van der Waals surface area (Å²) in [6, 6.07) is 0.597. The van der Waals surface area contributed by atoms with Gasteiger partial charge < -0.3 is 10.1 Å². The highest BCUT2D eigenvalue weighted by atomic mass is 32.1. The van der Waals surface area contributed by atoms with E-state index in [1.165, 1.54) is 24.2 Å². The third-order valence-electron chi connectivity index (χ3n) is 1.90. The van der Waals surface area contributed by atoms with Crippen LogP contribution in [0, 0.1) is 0 Å². The molecule has 15 heavy (non-hydrogen) atoms. The third-order valence-corrected chi connectivity index (χ3v) is 2.74. The quantitative estimate of drug-likeness (QED) is 0.810. The van der Waals surface area contributed by atoms with Crippen LogP contribution >= 0.6 is 11.3 Å². The van der Waals surface area contributed by atoms with E-state index in [0.29, 0.717) is 12.6 Å². The van der Waals surface area contributed by atoms with Crippen LogP contribution in [0.25, 0.3) is 0 Å². The van der Waals surface area contributed by atoms with E-state index in [1.807, 2.05) is 0 Å². The molecule has 0 bridgehead atoms. The van der Waals surface area contributed by atoms with Crippen molar-refractivity contribution in [2.45, 2.75) is 31.9 Å². The van der Waals surface area contributed by atoms with Gasteiger partial charge in [-0.15, -0.1) is 10.2 Å². The molecule has 1 aromatic heterocycles. The van der Waals surface area contributed by atoms with E-state index >= 15 is 0 Å². The maximum absolute atomic E-state index is 11.8. The topological polar surface area (TPSA) is 47.0 Å². The predicted molar refractivity (Wildman–Crippen MR) is 51.3 cm³/mol. The standard InChI is InChI=1S/C8H11F2N3OS/c9-6(10)4-14-8-13-12-7(15-8)3-11-5-1-2-5/h5-6,11H,1-4H2. The molecule has 0 radical (unpaired) electrons. The van der Waals surface area contributed by atoms with Crippen molar-refractivity contribution in [2.24, 2.45) is 0 Å². The number of nitrogens with one attached hydrogen (secondary N) is 1. The van der Waals surface area contributed by atoms with Crippen molar-refractivity contribution in [3.8, 4) is 5.19 Å². The van der Waals surface area contributed by atoms with Crippen molar-refractivity contribution in [1.29, 1.82) is 0 Å². The maximum Gasteiger partial charge on any atom is 0.294 e. The molecule has 0 aliphatic heterocycles. The molecular weight excluding hydrogens is 224 g/mol. The Morgan fingerprint density at radius 1 is 1.47 bits per heavy atom. The number of hydrogen-bond donors (Lipinski definition) is 1. The molecule has 0 spiro atoms. The van der Waals surface area contributed by atoms with Gasteiger partial charge in [0.2, 0.25) is 0 Å². The average Bonchev–Trinajstić information content (AvgIpc) is 2.92. The SMILES string of the molecule is FC(F)COc1nnc(CNC2CC2)s1. The number of hydrogen-bond acceptors (Lipinski definition) is 5. The minimum atomic E-state index is -2.47. The molecule has 1 heterocycles. The Bertz CT molecular complexity index is 296. The molecule has 1 fully saturated rings. The van der Waals surface area contributed by atoms with Gasteiger partial charge in [0, 0.05) is 6.04 Å². The summed E-state index contributed by atoms with van der Waals surface area (Å²) >= 11 is 1.20. The lowest BCUT2D eigenvalue weighted by Crippen LogP contribution is -2.14. The second-order valence-corrected chi connectivity index (χ2v) is 4.34. The van der Waals surface area contributed by atoms with Gasteiger partial charge in [0.25, 0.3) is 11.6 Å². The molecule has 4 nitrogen and oxygen atoms in total. The van der Waals surface area contributed by atoms with Crippen molar-refractivity contribution in [3.05, 3.63) is 5.01 Å². The number of halogens is 2. The second-order valence-electron chi connectivity index (χ2n) is 3.32. The number of alkyl halides is 2. The molecule has 1 aliphatic carbocycles. The fourth-order valence-corrected chi connectivity index (χ4v) is 1.67. The lowest BCUT2D eigenvalue weighted by Gasteiger charge is -1.98. The van der Waals surface area contributed by atoms with E-state index < -0.39 is 13.0 Å². The summed E-state index contributed by atoms with van der Waals surface area (Å²) < 4.78 is 28.4. The van der Waals surface area contributed by atoms with Crippen LogP contribution in [0.2, 0.25) is 0 Å². The lowest BCUT2D eigenvalue weighted by atomic mass is 10.6. The number of rotatable bonds is 6. The van der Waals surface area contributed by atoms with Gasteiger partial charge >= 0.3 is 0 Å². The largest absolute Gasteiger partial charge is 0.463 e. The molecular formula is C8H11F2N3OS. The summed E-state index contributed by atoms with van der Waals surface area (Å²) in [5.41, 5.74) is 0. The summed E-state index contributed by atoms with van der Waals surface area (Å²) in [7, 11) is 0. The summed E-state index contributed by atoms with van der Waals surface area (Å²) in [5.74, 6) is 0. The number of aromatic nitrogens is 2. The van der Waals surface area contributed by atoms with Gasteiger partial charge in [0.1, 0.15) is 5.01 Å². The van der Waals surface area contributed by atoms with Crippen molar-refractivity contribution in [2.75, 3.05) is 6.61 Å². The Morgan fingerprint density at radius 3 is 2.93 bits per heavy atom. The van der Waals surface area contributed by atoms with Gasteiger partial charge in [-0.2, -0.15) is 0 Å². The van der Waals surface area contributed by atoms with E-state index in [0.717, 1.165) is 5.01 Å². The lowest BCUT2D eigenvalue weighted by molar-refractivity contribution is 0.0814. The molecule has 1 N–H and O–H groups in total. The fraction of sp³-hybridized carbons (Fsp3) is 0.750. The van der Waals surface area contributed by atoms with Gasteiger partial charge in [0.05, 0.1) is 6.54 Å². The van der Waals surface area contributed by atoms with Crippen LogP contribution in [0.15, 0.2) is 0 Å². The van der Waals surface area contributed by atoms with Crippen molar-refractivity contribution in [3.63, 3.8) is 0 Å². The third kappa shape index (κ3) is 3.67. The summed E-state index contributed by atoms with van der Waals surface area (Å²) in [6.45, 7) is 0.0189. The number of ether oxygens (including phenoxy) is 1. The molecule has 1 aliphatic rings. The first-order valence-electron chi connectivity index (χ1n) is 4.71. The van der Waals surface area contributed by atoms with Crippen molar-refractivity contribution < 1.29 is 13.5 Å². The van der Waals surface area contributed by atoms with E-state index in [4.69, 9.17) is 4.74 Å². The fourth-order valence-electron chi connectivity index (χ4n) is 1.02. The molecule has 0 saturated heterocycles. The van der Waals surface area contributed by atoms with E-state index in [1.54, 1.807) is 0 Å². The molecule has 1 saturated carbocycles. The maximum atomic E-state index is 11.8. The molecule has 0 unspecified atom stereocenters. The van der Waals surface area contributed by atoms with Crippen LogP contribution in [-0.4, -0.2) is 29.3 Å². The first-order chi connectivity index (χ1) is 7.24. The Morgan fingerprint density at radius 2 is 2.27 bits per heavy atom. The molecule has 84 valence electrons. The zero-order valence-electron chi connectivity index (χ0n) is 7.95. The van der Waals surface area contributed by atoms with Gasteiger partial charge in [-0.3, -0.25) is 0 Å². The Balaban J connectivity index is 1.75. The minimum Gasteiger partial charge on any atom is -0.463 e. The zero-order valence-corrected chi connectivity index (χ0v) is 8.77. The van der Waals surface area contributed by atoms with Gasteiger partial charge in [0.15, 0.2) is 6.61 Å². The Hall–Kier alpha value is -0.820. The van der Waals surface area contributed by atoms with Crippen LogP contribution in [0.4, 0.5) is 8.78 Å². The average molecular weight is 235 g/mol. The monoisotopic (exact) mass is 235 g/mol. The second kappa shape index (κ2) is 4.80. The Kier molecular flexibility index (Phi) is 3.42. The van der Waals surface area contributed by atoms with Gasteiger partial charge in [-0.25, -0.2) is 8.78 Å². The summed E-state index contributed by atoms with van der Waals surface area (Å²) in [4.78, 5) is 0. The van der Waals surface area contributed by atoms with Crippen molar-refractivity contribution in [1.82, 2.24) is 15.5 Å². The summed E-state index contributed by atoms with van der Waals surface area (Å²) in [5, 5.41) is 11.7. The molecule has 0 atom stereocenters. The first-order valence-corrected chi connectivity index (χ1v) is 5.52. The first kappa shape index (κ1) is 10.7. The van der Waals surface area contributed by atoms with E-state index in [-0.39, 0.29) is 5.19 Å². The molecule has 7 heteroatoms. The highest BCUT2D eigenvalue weighted by Crippen LogP contribution is 2.22. The zero-order chi connectivity index (χ0) is 10.7. The van der Waals surface area contributed by atoms with E-state index in [9.17, 15) is 8.78 Å². The normalized spacial score (nSPS) is 15.9. The molecule has 1 aromatic rings. The van der Waals surface area contributed by atoms with Crippen LogP contribution in [-0.2, 0) is 6.54 Å². The Labute approximate surface area is 89.7 Å². The number of nitrogens with zero attached hydrogens (tertiary/aromatic N) is 2. The van der Waals surface area contributed by atoms with Crippen LogP contribution in [0.3, 0.4) is 0 Å². The van der Waals surface area contributed by atoms with Crippen LogP contribution in [0.1, 0.15) is 17.8 Å². The van der Waals surface area contributed by atoms with Gasteiger partial charge in [-0.05, 0) is 12.8 Å². The highest BCUT2D eigenvalue weighted by molar-refractivity contribution is 7.13. The molecule has 0 amide bonds. The van der Waals surface area contributed by atoms with Crippen LogP contribution < -0.4 is 10.1 Å². The van der Waals surface area contributed by atoms with Crippen LogP contribution in [0.5, 0.6) is 5.19 Å². The van der Waals surface area contributed by atoms with E-state index in [2.05, 4.69) is 15.5 Å². The predicted octanol–water partition coefficient (Wildman–Crippen LogP) is 1.43. The van der Waals surface area contributed by atoms with Gasteiger partial charge in [-0.1, -0.05) is 11.3 Å².